The van der Waals surface area contributed by atoms with E-state index in [4.69, 9.17) is 9.47 Å². The number of hydrogen-bond donors (Lipinski definition) is 1. The molecular formula is C24H31N3O3. The molecule has 2 heterocycles. The predicted octanol–water partition coefficient (Wildman–Crippen LogP) is 2.91. The highest BCUT2D eigenvalue weighted by molar-refractivity contribution is 5.92. The van der Waals surface area contributed by atoms with Crippen LogP contribution < -0.4 is 10.1 Å². The standard InChI is InChI=1S/C24H31N3O3/c1-2-30-23-8-5-20-9-10-27(17-21(20)15-23)18-24(28)25-22-6-3-19(4-7-22)16-26-11-13-29-14-12-26/h3-8,15H,2,9-14,16-18H2,1H3,(H,25,28). The van der Waals surface area contributed by atoms with E-state index in [2.05, 4.69) is 39.4 Å². The molecule has 1 amide bonds. The number of amides is 1. The zero-order valence-corrected chi connectivity index (χ0v) is 17.7. The second kappa shape index (κ2) is 10.1. The van der Waals surface area contributed by atoms with Gasteiger partial charge in [-0.25, -0.2) is 0 Å². The van der Waals surface area contributed by atoms with Crippen molar-refractivity contribution in [3.63, 3.8) is 0 Å². The molecular weight excluding hydrogens is 378 g/mol. The Labute approximate surface area is 178 Å². The van der Waals surface area contributed by atoms with Gasteiger partial charge in [-0.15, -0.1) is 0 Å². The molecule has 160 valence electrons. The molecule has 0 bridgehead atoms. The molecule has 0 radical (unpaired) electrons. The molecule has 6 heteroatoms. The van der Waals surface area contributed by atoms with Gasteiger partial charge < -0.3 is 14.8 Å². The van der Waals surface area contributed by atoms with Crippen LogP contribution in [0.4, 0.5) is 5.69 Å². The Morgan fingerprint density at radius 2 is 1.83 bits per heavy atom. The Morgan fingerprint density at radius 1 is 1.03 bits per heavy atom. The van der Waals surface area contributed by atoms with Crippen LogP contribution in [-0.2, 0) is 29.0 Å². The van der Waals surface area contributed by atoms with Crippen molar-refractivity contribution in [3.8, 4) is 5.75 Å². The van der Waals surface area contributed by atoms with Gasteiger partial charge in [-0.3, -0.25) is 14.6 Å². The van der Waals surface area contributed by atoms with E-state index in [9.17, 15) is 4.79 Å². The highest BCUT2D eigenvalue weighted by Gasteiger charge is 2.19. The van der Waals surface area contributed by atoms with Crippen LogP contribution in [0.2, 0.25) is 0 Å². The molecule has 2 aliphatic heterocycles. The largest absolute Gasteiger partial charge is 0.494 e. The number of rotatable bonds is 7. The van der Waals surface area contributed by atoms with Gasteiger partial charge in [0.15, 0.2) is 0 Å². The molecule has 0 aliphatic carbocycles. The van der Waals surface area contributed by atoms with Gasteiger partial charge in [0.2, 0.25) is 5.91 Å². The first-order valence-electron chi connectivity index (χ1n) is 10.9. The van der Waals surface area contributed by atoms with Crippen LogP contribution in [0, 0.1) is 0 Å². The molecule has 0 spiro atoms. The van der Waals surface area contributed by atoms with Crippen LogP contribution in [0.15, 0.2) is 42.5 Å². The maximum absolute atomic E-state index is 12.6. The molecule has 30 heavy (non-hydrogen) atoms. The summed E-state index contributed by atoms with van der Waals surface area (Å²) in [4.78, 5) is 17.2. The molecule has 1 fully saturated rings. The van der Waals surface area contributed by atoms with E-state index in [1.165, 1.54) is 16.7 Å². The number of carbonyl (C=O) groups is 1. The average molecular weight is 410 g/mol. The Kier molecular flexibility index (Phi) is 7.00. The molecule has 2 aromatic rings. The third kappa shape index (κ3) is 5.59. The summed E-state index contributed by atoms with van der Waals surface area (Å²) in [6, 6.07) is 14.5. The monoisotopic (exact) mass is 409 g/mol. The second-order valence-electron chi connectivity index (χ2n) is 7.96. The fraction of sp³-hybridized carbons (Fsp3) is 0.458. The lowest BCUT2D eigenvalue weighted by Gasteiger charge is -2.28. The minimum atomic E-state index is 0.0281. The fourth-order valence-corrected chi connectivity index (χ4v) is 4.10. The van der Waals surface area contributed by atoms with Crippen molar-refractivity contribution >= 4 is 11.6 Å². The van der Waals surface area contributed by atoms with Gasteiger partial charge in [0.1, 0.15) is 5.75 Å². The highest BCUT2D eigenvalue weighted by Crippen LogP contribution is 2.24. The smallest absolute Gasteiger partial charge is 0.238 e. The van der Waals surface area contributed by atoms with Crippen LogP contribution in [0.1, 0.15) is 23.6 Å². The zero-order valence-electron chi connectivity index (χ0n) is 17.7. The highest BCUT2D eigenvalue weighted by atomic mass is 16.5. The van der Waals surface area contributed by atoms with Crippen molar-refractivity contribution < 1.29 is 14.3 Å². The van der Waals surface area contributed by atoms with E-state index in [1.807, 2.05) is 25.1 Å². The normalized spacial score (nSPS) is 17.4. The Hall–Kier alpha value is -2.41. The lowest BCUT2D eigenvalue weighted by molar-refractivity contribution is -0.117. The molecule has 0 aromatic heterocycles. The van der Waals surface area contributed by atoms with Gasteiger partial charge in [-0.2, -0.15) is 0 Å². The minimum Gasteiger partial charge on any atom is -0.494 e. The molecule has 2 aliphatic rings. The molecule has 6 nitrogen and oxygen atoms in total. The van der Waals surface area contributed by atoms with E-state index in [-0.39, 0.29) is 5.91 Å². The van der Waals surface area contributed by atoms with E-state index in [0.29, 0.717) is 13.2 Å². The minimum absolute atomic E-state index is 0.0281. The van der Waals surface area contributed by atoms with Crippen molar-refractivity contribution in [2.75, 3.05) is 51.3 Å². The molecule has 2 aromatic carbocycles. The first-order valence-corrected chi connectivity index (χ1v) is 10.9. The number of hydrogen-bond acceptors (Lipinski definition) is 5. The lowest BCUT2D eigenvalue weighted by atomic mass is 9.99. The first-order chi connectivity index (χ1) is 14.7. The second-order valence-corrected chi connectivity index (χ2v) is 7.96. The van der Waals surface area contributed by atoms with Crippen molar-refractivity contribution in [2.45, 2.75) is 26.4 Å². The summed E-state index contributed by atoms with van der Waals surface area (Å²) in [7, 11) is 0. The number of benzene rings is 2. The Morgan fingerprint density at radius 3 is 2.60 bits per heavy atom. The molecule has 1 N–H and O–H groups in total. The van der Waals surface area contributed by atoms with E-state index in [1.54, 1.807) is 0 Å². The van der Waals surface area contributed by atoms with Crippen LogP contribution in [0.3, 0.4) is 0 Å². The maximum Gasteiger partial charge on any atom is 0.238 e. The number of ether oxygens (including phenoxy) is 2. The number of nitrogens with one attached hydrogen (secondary N) is 1. The summed E-state index contributed by atoms with van der Waals surface area (Å²) < 4.78 is 11.0. The van der Waals surface area contributed by atoms with Crippen molar-refractivity contribution in [2.24, 2.45) is 0 Å². The van der Waals surface area contributed by atoms with Crippen molar-refractivity contribution in [3.05, 3.63) is 59.2 Å². The van der Waals surface area contributed by atoms with Crippen molar-refractivity contribution in [1.82, 2.24) is 9.80 Å². The van der Waals surface area contributed by atoms with Crippen LogP contribution in [0.5, 0.6) is 5.75 Å². The Bertz CT molecular complexity index is 847. The quantitative estimate of drug-likeness (QED) is 0.762. The van der Waals surface area contributed by atoms with Gasteiger partial charge in [-0.1, -0.05) is 18.2 Å². The number of carbonyl (C=O) groups excluding carboxylic acids is 1. The topological polar surface area (TPSA) is 54.0 Å². The van der Waals surface area contributed by atoms with Gasteiger partial charge in [-0.05, 0) is 54.3 Å². The van der Waals surface area contributed by atoms with E-state index in [0.717, 1.165) is 63.8 Å². The third-order valence-corrected chi connectivity index (χ3v) is 5.69. The maximum atomic E-state index is 12.6. The molecule has 0 atom stereocenters. The van der Waals surface area contributed by atoms with Gasteiger partial charge >= 0.3 is 0 Å². The molecule has 4 rings (SSSR count). The lowest BCUT2D eigenvalue weighted by Crippen LogP contribution is -2.37. The fourth-order valence-electron chi connectivity index (χ4n) is 4.10. The summed E-state index contributed by atoms with van der Waals surface area (Å²) in [5, 5.41) is 3.04. The number of morpholine rings is 1. The average Bonchev–Trinajstić information content (AvgIpc) is 2.76. The SMILES string of the molecule is CCOc1ccc2c(c1)CN(CC(=O)Nc1ccc(CN3CCOCC3)cc1)CC2. The van der Waals surface area contributed by atoms with Gasteiger partial charge in [0.05, 0.1) is 26.4 Å². The summed E-state index contributed by atoms with van der Waals surface area (Å²) >= 11 is 0. The summed E-state index contributed by atoms with van der Waals surface area (Å²) in [6.07, 6.45) is 0.964. The molecule has 0 unspecified atom stereocenters. The number of nitrogens with zero attached hydrogens (tertiary/aromatic N) is 2. The van der Waals surface area contributed by atoms with E-state index < -0.39 is 0 Å². The van der Waals surface area contributed by atoms with Crippen LogP contribution in [0.25, 0.3) is 0 Å². The first kappa shape index (κ1) is 20.8. The number of anilines is 1. The number of fused-ring (bicyclic) bond motifs is 1. The molecule has 0 saturated carbocycles. The van der Waals surface area contributed by atoms with Crippen molar-refractivity contribution in [1.29, 1.82) is 0 Å². The zero-order chi connectivity index (χ0) is 20.8. The summed E-state index contributed by atoms with van der Waals surface area (Å²) in [5.74, 6) is 0.931. The van der Waals surface area contributed by atoms with Crippen LogP contribution >= 0.6 is 0 Å². The van der Waals surface area contributed by atoms with Crippen LogP contribution in [-0.4, -0.2) is 61.7 Å². The summed E-state index contributed by atoms with van der Waals surface area (Å²) in [5.41, 5.74) is 4.72. The third-order valence-electron chi connectivity index (χ3n) is 5.69. The predicted molar refractivity (Wildman–Crippen MR) is 118 cm³/mol. The Balaban J connectivity index is 1.28. The van der Waals surface area contributed by atoms with Gasteiger partial charge in [0, 0.05) is 38.4 Å². The van der Waals surface area contributed by atoms with E-state index >= 15 is 0 Å². The summed E-state index contributed by atoms with van der Waals surface area (Å²) in [6.45, 7) is 9.22. The van der Waals surface area contributed by atoms with Gasteiger partial charge in [0.25, 0.3) is 0 Å². The molecule has 1 saturated heterocycles.